The highest BCUT2D eigenvalue weighted by molar-refractivity contribution is 5.70. The number of aliphatic carboxylic acids is 1. The van der Waals surface area contributed by atoms with Crippen LogP contribution < -0.4 is 5.11 Å². The summed E-state index contributed by atoms with van der Waals surface area (Å²) < 4.78 is 17.2. The number of likely N-dealkylation sites (N-methyl/N-ethyl adjacent to an activating group) is 1. The van der Waals surface area contributed by atoms with Crippen molar-refractivity contribution >= 4 is 17.9 Å². The summed E-state index contributed by atoms with van der Waals surface area (Å²) in [6.45, 7) is 4.67. The SMILES string of the molecule is CCCCCC/C=C/C=C/CCCCCCCCCCCCC(=O)OC(COCCC(C(=O)[O-])[N+](C)(C)C)COC(=O)CCCCCCCCCCCCCCCCC. The fourth-order valence-electron chi connectivity index (χ4n) is 7.48. The third-order valence-corrected chi connectivity index (χ3v) is 11.4. The van der Waals surface area contributed by atoms with Crippen LogP contribution >= 0.6 is 0 Å². The fraction of sp³-hybridized carbons (Fsp3) is 0.863. The third kappa shape index (κ3) is 41.0. The van der Waals surface area contributed by atoms with Gasteiger partial charge in [-0.1, -0.05) is 199 Å². The van der Waals surface area contributed by atoms with Gasteiger partial charge in [0, 0.05) is 19.3 Å². The molecule has 8 nitrogen and oxygen atoms in total. The standard InChI is InChI=1S/C51H95NO7/c1-6-8-10-12-14-16-18-20-22-23-24-25-26-28-30-32-34-36-38-40-42-50(54)59-47(45-57-44-43-48(51(55)56)52(3,4)5)46-58-49(53)41-39-37-35-33-31-29-27-21-19-17-15-13-11-9-7-2/h16,18,20,22,47-48H,6-15,17,19,21,23-46H2,1-5H3/b18-16+,22-20+. The topological polar surface area (TPSA) is 102 Å². The molecule has 0 rings (SSSR count). The number of rotatable bonds is 45. The molecule has 0 aromatic carbocycles. The first-order valence-corrected chi connectivity index (χ1v) is 24.9. The van der Waals surface area contributed by atoms with Crippen molar-refractivity contribution in [1.82, 2.24) is 0 Å². The molecule has 0 radical (unpaired) electrons. The van der Waals surface area contributed by atoms with Crippen LogP contribution in [0.1, 0.15) is 232 Å². The van der Waals surface area contributed by atoms with Gasteiger partial charge in [-0.05, 0) is 38.5 Å². The van der Waals surface area contributed by atoms with Crippen molar-refractivity contribution in [2.75, 3.05) is 41.0 Å². The van der Waals surface area contributed by atoms with Gasteiger partial charge in [-0.15, -0.1) is 0 Å². The van der Waals surface area contributed by atoms with E-state index in [-0.39, 0.29) is 42.7 Å². The summed E-state index contributed by atoms with van der Waals surface area (Å²) in [5, 5.41) is 11.6. The fourth-order valence-corrected chi connectivity index (χ4v) is 7.48. The van der Waals surface area contributed by atoms with Crippen molar-refractivity contribution in [3.63, 3.8) is 0 Å². The van der Waals surface area contributed by atoms with E-state index in [1.165, 1.54) is 161 Å². The molecule has 0 saturated carbocycles. The Hall–Kier alpha value is -2.19. The highest BCUT2D eigenvalue weighted by Crippen LogP contribution is 2.16. The van der Waals surface area contributed by atoms with Crippen LogP contribution in [0.2, 0.25) is 0 Å². The molecule has 0 fully saturated rings. The minimum atomic E-state index is -1.12. The maximum Gasteiger partial charge on any atom is 0.306 e. The largest absolute Gasteiger partial charge is 0.544 e. The second-order valence-corrected chi connectivity index (χ2v) is 18.1. The molecule has 0 spiro atoms. The number of ether oxygens (including phenoxy) is 3. The lowest BCUT2D eigenvalue weighted by Gasteiger charge is -2.34. The Morgan fingerprint density at radius 2 is 0.881 bits per heavy atom. The van der Waals surface area contributed by atoms with Gasteiger partial charge < -0.3 is 28.6 Å². The predicted octanol–water partition coefficient (Wildman–Crippen LogP) is 12.7. The number of quaternary nitrogens is 1. The van der Waals surface area contributed by atoms with Gasteiger partial charge in [0.25, 0.3) is 0 Å². The summed E-state index contributed by atoms with van der Waals surface area (Å²) in [6.07, 6.45) is 47.7. The summed E-state index contributed by atoms with van der Waals surface area (Å²) in [4.78, 5) is 37.0. The number of hydrogen-bond acceptors (Lipinski definition) is 7. The van der Waals surface area contributed by atoms with Gasteiger partial charge in [-0.25, -0.2) is 0 Å². The molecule has 0 aliphatic rings. The molecule has 0 aliphatic carbocycles. The van der Waals surface area contributed by atoms with Crippen LogP contribution in [0.4, 0.5) is 0 Å². The second-order valence-electron chi connectivity index (χ2n) is 18.1. The summed E-state index contributed by atoms with van der Waals surface area (Å²) in [5.74, 6) is -1.72. The van der Waals surface area contributed by atoms with Gasteiger partial charge in [0.2, 0.25) is 0 Å². The van der Waals surface area contributed by atoms with Gasteiger partial charge in [0.1, 0.15) is 12.6 Å². The predicted molar refractivity (Wildman–Crippen MR) is 245 cm³/mol. The van der Waals surface area contributed by atoms with Gasteiger partial charge in [-0.2, -0.15) is 0 Å². The summed E-state index contributed by atoms with van der Waals surface area (Å²) in [7, 11) is 5.42. The minimum Gasteiger partial charge on any atom is -0.544 e. The minimum absolute atomic E-state index is 0.0438. The average molecular weight is 834 g/mol. The number of unbranched alkanes of at least 4 members (excludes halogenated alkanes) is 28. The molecule has 0 aromatic heterocycles. The molecule has 0 bridgehead atoms. The zero-order chi connectivity index (χ0) is 43.5. The van der Waals surface area contributed by atoms with Crippen molar-refractivity contribution in [2.24, 2.45) is 0 Å². The molecule has 346 valence electrons. The van der Waals surface area contributed by atoms with Crippen LogP contribution in [0.25, 0.3) is 0 Å². The van der Waals surface area contributed by atoms with E-state index in [0.717, 1.165) is 38.5 Å². The van der Waals surface area contributed by atoms with Crippen molar-refractivity contribution in [3.8, 4) is 0 Å². The Morgan fingerprint density at radius 1 is 0.508 bits per heavy atom. The van der Waals surface area contributed by atoms with Crippen LogP contribution in [0.15, 0.2) is 24.3 Å². The van der Waals surface area contributed by atoms with Crippen LogP contribution in [0, 0.1) is 0 Å². The van der Waals surface area contributed by atoms with E-state index in [0.29, 0.717) is 12.8 Å². The zero-order valence-corrected chi connectivity index (χ0v) is 39.4. The molecule has 0 aliphatic heterocycles. The molecule has 0 heterocycles. The summed E-state index contributed by atoms with van der Waals surface area (Å²) in [5.41, 5.74) is 0. The highest BCUT2D eigenvalue weighted by atomic mass is 16.6. The maximum atomic E-state index is 12.8. The molecule has 59 heavy (non-hydrogen) atoms. The first kappa shape index (κ1) is 56.8. The molecule has 2 unspecified atom stereocenters. The average Bonchev–Trinajstić information content (AvgIpc) is 3.19. The monoisotopic (exact) mass is 834 g/mol. The third-order valence-electron chi connectivity index (χ3n) is 11.4. The first-order chi connectivity index (χ1) is 28.6. The van der Waals surface area contributed by atoms with Gasteiger partial charge in [-0.3, -0.25) is 9.59 Å². The number of allylic oxidation sites excluding steroid dienone is 4. The highest BCUT2D eigenvalue weighted by Gasteiger charge is 2.25. The normalized spacial score (nSPS) is 13.0. The summed E-state index contributed by atoms with van der Waals surface area (Å²) >= 11 is 0. The second kappa shape index (κ2) is 42.5. The number of esters is 2. The molecule has 0 saturated heterocycles. The molecule has 0 aromatic rings. The quantitative estimate of drug-likeness (QED) is 0.0260. The lowest BCUT2D eigenvalue weighted by molar-refractivity contribution is -0.889. The molecule has 2 atom stereocenters. The van der Waals surface area contributed by atoms with Crippen LogP contribution in [0.3, 0.4) is 0 Å². The van der Waals surface area contributed by atoms with Gasteiger partial charge in [0.15, 0.2) is 6.10 Å². The number of carbonyl (C=O) groups excluding carboxylic acids is 3. The van der Waals surface area contributed by atoms with Gasteiger partial charge in [0.05, 0.1) is 40.3 Å². The van der Waals surface area contributed by atoms with Crippen LogP contribution in [-0.4, -0.2) is 75.5 Å². The Balaban J connectivity index is 4.24. The van der Waals surface area contributed by atoms with Crippen molar-refractivity contribution in [1.29, 1.82) is 0 Å². The van der Waals surface area contributed by atoms with Crippen molar-refractivity contribution in [3.05, 3.63) is 24.3 Å². The molecular formula is C51H95NO7. The van der Waals surface area contributed by atoms with E-state index in [1.807, 2.05) is 0 Å². The Bertz CT molecular complexity index is 1020. The molecule has 0 N–H and O–H groups in total. The van der Waals surface area contributed by atoms with Crippen LogP contribution in [0.5, 0.6) is 0 Å². The number of hydrogen-bond donors (Lipinski definition) is 0. The lowest BCUT2D eigenvalue weighted by atomic mass is 10.0. The smallest absolute Gasteiger partial charge is 0.306 e. The Morgan fingerprint density at radius 3 is 1.29 bits per heavy atom. The van der Waals surface area contributed by atoms with E-state index in [2.05, 4.69) is 38.2 Å². The van der Waals surface area contributed by atoms with E-state index >= 15 is 0 Å². The Kier molecular flexibility index (Phi) is 40.9. The lowest BCUT2D eigenvalue weighted by Crippen LogP contribution is -2.55. The van der Waals surface area contributed by atoms with E-state index in [9.17, 15) is 19.5 Å². The van der Waals surface area contributed by atoms with E-state index in [1.54, 1.807) is 21.1 Å². The molecular weight excluding hydrogens is 739 g/mol. The number of carboxylic acid groups (broad SMARTS) is 1. The maximum absolute atomic E-state index is 12.8. The zero-order valence-electron chi connectivity index (χ0n) is 39.4. The van der Waals surface area contributed by atoms with E-state index < -0.39 is 18.1 Å². The summed E-state index contributed by atoms with van der Waals surface area (Å²) in [6, 6.07) is -0.723. The number of carbonyl (C=O) groups is 3. The Labute approximate surface area is 364 Å². The first-order valence-electron chi connectivity index (χ1n) is 24.9. The van der Waals surface area contributed by atoms with Crippen molar-refractivity contribution < 1.29 is 38.2 Å². The van der Waals surface area contributed by atoms with E-state index in [4.69, 9.17) is 14.2 Å². The molecule has 0 amide bonds. The van der Waals surface area contributed by atoms with Crippen LogP contribution in [-0.2, 0) is 28.6 Å². The molecule has 8 heteroatoms. The number of nitrogens with zero attached hydrogens (tertiary/aromatic N) is 1. The van der Waals surface area contributed by atoms with Crippen molar-refractivity contribution in [2.45, 2.75) is 244 Å². The number of carboxylic acids is 1. The van der Waals surface area contributed by atoms with Gasteiger partial charge >= 0.3 is 11.9 Å².